The van der Waals surface area contributed by atoms with Crippen molar-refractivity contribution in [1.82, 2.24) is 9.78 Å². The minimum atomic E-state index is -0.316. The highest BCUT2D eigenvalue weighted by Gasteiger charge is 2.36. The molecule has 0 radical (unpaired) electrons. The molecule has 7 nitrogen and oxygen atoms in total. The molecule has 30 heavy (non-hydrogen) atoms. The van der Waals surface area contributed by atoms with Gasteiger partial charge in [0.15, 0.2) is 0 Å². The molecule has 1 aromatic heterocycles. The smallest absolute Gasteiger partial charge is 0.414 e. The van der Waals surface area contributed by atoms with Crippen LogP contribution < -0.4 is 9.80 Å². The number of amides is 2. The molecule has 0 spiro atoms. The summed E-state index contributed by atoms with van der Waals surface area (Å²) in [5.74, 6) is -0.0261. The molecule has 2 aromatic rings. The molecule has 2 aliphatic carbocycles. The number of nitrogens with zero attached hydrogens (tertiary/aromatic N) is 4. The van der Waals surface area contributed by atoms with Crippen molar-refractivity contribution in [2.24, 2.45) is 0 Å². The molecule has 0 N–H and O–H groups in total. The van der Waals surface area contributed by atoms with Crippen molar-refractivity contribution in [3.8, 4) is 11.1 Å². The maximum atomic E-state index is 13.1. The van der Waals surface area contributed by atoms with Crippen molar-refractivity contribution in [2.45, 2.75) is 70.6 Å². The van der Waals surface area contributed by atoms with E-state index in [1.807, 2.05) is 36.0 Å². The van der Waals surface area contributed by atoms with Gasteiger partial charge in [0.2, 0.25) is 5.91 Å². The summed E-state index contributed by atoms with van der Waals surface area (Å²) in [6.45, 7) is 3.96. The summed E-state index contributed by atoms with van der Waals surface area (Å²) in [7, 11) is 0. The van der Waals surface area contributed by atoms with E-state index < -0.39 is 0 Å². The van der Waals surface area contributed by atoms with Gasteiger partial charge >= 0.3 is 6.09 Å². The monoisotopic (exact) mass is 408 g/mol. The predicted molar refractivity (Wildman–Crippen MR) is 115 cm³/mol. The van der Waals surface area contributed by atoms with Crippen LogP contribution in [0.15, 0.2) is 30.6 Å². The first-order chi connectivity index (χ1) is 14.5. The van der Waals surface area contributed by atoms with E-state index in [2.05, 4.69) is 11.3 Å². The molecule has 158 valence electrons. The van der Waals surface area contributed by atoms with Gasteiger partial charge in [-0.25, -0.2) is 4.79 Å². The third-order valence-corrected chi connectivity index (χ3v) is 6.40. The molecule has 2 amide bonds. The number of carbonyl (C=O) groups is 2. The van der Waals surface area contributed by atoms with Crippen LogP contribution in [0, 0.1) is 0 Å². The highest BCUT2D eigenvalue weighted by atomic mass is 16.6. The molecule has 0 saturated heterocycles. The number of benzene rings is 1. The van der Waals surface area contributed by atoms with Gasteiger partial charge in [0.1, 0.15) is 6.10 Å². The standard InChI is InChI=1S/C23H28N4O3/c1-15-13-25(23(29)30-20-5-3-4-6-20)22-11-17(7-10-21(22)27(15)16(2)28)18-12-24-26(14-18)19-8-9-19/h7,10-12,14-15,19-20H,3-6,8-9,13H2,1-2H3/t15-/m0/s1. The first kappa shape index (κ1) is 19.2. The fraction of sp³-hybridized carbons (Fsp3) is 0.522. The largest absolute Gasteiger partial charge is 0.446 e. The van der Waals surface area contributed by atoms with E-state index in [1.165, 1.54) is 12.8 Å². The van der Waals surface area contributed by atoms with Crippen molar-refractivity contribution < 1.29 is 14.3 Å². The molecule has 1 aliphatic heterocycles. The Balaban J connectivity index is 1.50. The number of anilines is 2. The quantitative estimate of drug-likeness (QED) is 0.749. The molecular weight excluding hydrogens is 380 g/mol. The second kappa shape index (κ2) is 7.45. The third-order valence-electron chi connectivity index (χ3n) is 6.40. The van der Waals surface area contributed by atoms with Crippen LogP contribution >= 0.6 is 0 Å². The van der Waals surface area contributed by atoms with E-state index in [0.29, 0.717) is 12.6 Å². The summed E-state index contributed by atoms with van der Waals surface area (Å²) in [5.41, 5.74) is 3.48. The second-order valence-corrected chi connectivity index (χ2v) is 8.78. The normalized spacial score (nSPS) is 21.6. The van der Waals surface area contributed by atoms with E-state index in [9.17, 15) is 9.59 Å². The summed E-state index contributed by atoms with van der Waals surface area (Å²) in [6.07, 6.45) is 10.1. The van der Waals surface area contributed by atoms with Crippen molar-refractivity contribution in [3.05, 3.63) is 30.6 Å². The Morgan fingerprint density at radius 2 is 1.83 bits per heavy atom. The van der Waals surface area contributed by atoms with Crippen LogP contribution in [0.1, 0.15) is 58.4 Å². The number of hydrogen-bond donors (Lipinski definition) is 0. The maximum absolute atomic E-state index is 13.1. The number of carbonyl (C=O) groups excluding carboxylic acids is 2. The van der Waals surface area contributed by atoms with Crippen LogP contribution in [0.4, 0.5) is 16.2 Å². The van der Waals surface area contributed by atoms with Crippen LogP contribution in [0.5, 0.6) is 0 Å². The molecule has 2 fully saturated rings. The lowest BCUT2D eigenvalue weighted by Crippen LogP contribution is -2.51. The molecule has 2 heterocycles. The average molecular weight is 409 g/mol. The SMILES string of the molecule is CC(=O)N1c2ccc(-c3cnn(C4CC4)c3)cc2N(C(=O)OC2CCCC2)C[C@@H]1C. The lowest BCUT2D eigenvalue weighted by Gasteiger charge is -2.40. The van der Waals surface area contributed by atoms with Gasteiger partial charge in [0, 0.05) is 25.2 Å². The molecule has 3 aliphatic rings. The van der Waals surface area contributed by atoms with Gasteiger partial charge in [0.25, 0.3) is 0 Å². The number of aromatic nitrogens is 2. The Hall–Kier alpha value is -2.83. The molecule has 5 rings (SSSR count). The summed E-state index contributed by atoms with van der Waals surface area (Å²) >= 11 is 0. The Morgan fingerprint density at radius 1 is 1.07 bits per heavy atom. The van der Waals surface area contributed by atoms with Crippen LogP contribution in [0.25, 0.3) is 11.1 Å². The van der Waals surface area contributed by atoms with Crippen LogP contribution in [0.3, 0.4) is 0 Å². The first-order valence-corrected chi connectivity index (χ1v) is 11.0. The number of hydrogen-bond acceptors (Lipinski definition) is 4. The molecule has 1 aromatic carbocycles. The van der Waals surface area contributed by atoms with Gasteiger partial charge < -0.3 is 9.64 Å². The number of fused-ring (bicyclic) bond motifs is 1. The number of ether oxygens (including phenoxy) is 1. The van der Waals surface area contributed by atoms with Crippen LogP contribution in [-0.4, -0.2) is 40.5 Å². The molecule has 7 heteroatoms. The van der Waals surface area contributed by atoms with Gasteiger partial charge in [-0.3, -0.25) is 14.4 Å². The molecule has 1 atom stereocenters. The minimum absolute atomic E-state index is 0.00190. The summed E-state index contributed by atoms with van der Waals surface area (Å²) < 4.78 is 7.83. The molecule has 0 unspecified atom stereocenters. The molecule has 0 bridgehead atoms. The van der Waals surface area contributed by atoms with Crippen molar-refractivity contribution in [3.63, 3.8) is 0 Å². The van der Waals surface area contributed by atoms with E-state index in [0.717, 1.165) is 48.2 Å². The fourth-order valence-electron chi connectivity index (χ4n) is 4.70. The Bertz CT molecular complexity index is 975. The minimum Gasteiger partial charge on any atom is -0.446 e. The van der Waals surface area contributed by atoms with Gasteiger partial charge in [-0.2, -0.15) is 5.10 Å². The van der Waals surface area contributed by atoms with Crippen molar-refractivity contribution in [2.75, 3.05) is 16.3 Å². The van der Waals surface area contributed by atoms with E-state index in [1.54, 1.807) is 16.7 Å². The second-order valence-electron chi connectivity index (χ2n) is 8.78. The van der Waals surface area contributed by atoms with E-state index >= 15 is 0 Å². The fourth-order valence-corrected chi connectivity index (χ4v) is 4.70. The Morgan fingerprint density at radius 3 is 2.53 bits per heavy atom. The van der Waals surface area contributed by atoms with Crippen molar-refractivity contribution in [1.29, 1.82) is 0 Å². The lowest BCUT2D eigenvalue weighted by atomic mass is 10.0. The van der Waals surface area contributed by atoms with E-state index in [4.69, 9.17) is 4.74 Å². The summed E-state index contributed by atoms with van der Waals surface area (Å²) in [5, 5.41) is 4.49. The summed E-state index contributed by atoms with van der Waals surface area (Å²) in [6, 6.07) is 6.33. The highest BCUT2D eigenvalue weighted by Crippen LogP contribution is 2.40. The topological polar surface area (TPSA) is 67.7 Å². The van der Waals surface area contributed by atoms with Crippen molar-refractivity contribution >= 4 is 23.4 Å². The lowest BCUT2D eigenvalue weighted by molar-refractivity contribution is -0.117. The van der Waals surface area contributed by atoms with Crippen LogP contribution in [0.2, 0.25) is 0 Å². The van der Waals surface area contributed by atoms with Gasteiger partial charge in [-0.15, -0.1) is 0 Å². The zero-order chi connectivity index (χ0) is 20.8. The first-order valence-electron chi connectivity index (χ1n) is 11.0. The average Bonchev–Trinajstić information content (AvgIpc) is 3.22. The summed E-state index contributed by atoms with van der Waals surface area (Å²) in [4.78, 5) is 28.9. The number of rotatable bonds is 3. The maximum Gasteiger partial charge on any atom is 0.414 e. The molecule has 2 saturated carbocycles. The van der Waals surface area contributed by atoms with E-state index in [-0.39, 0.29) is 24.1 Å². The van der Waals surface area contributed by atoms with Crippen LogP contribution in [-0.2, 0) is 9.53 Å². The van der Waals surface area contributed by atoms with Gasteiger partial charge in [-0.05, 0) is 63.1 Å². The molecular formula is C23H28N4O3. The predicted octanol–water partition coefficient (Wildman–Crippen LogP) is 4.53. The highest BCUT2D eigenvalue weighted by molar-refractivity contribution is 6.03. The Labute approximate surface area is 176 Å². The van der Waals surface area contributed by atoms with Gasteiger partial charge in [0.05, 0.1) is 29.7 Å². The zero-order valence-corrected chi connectivity index (χ0v) is 17.6. The third kappa shape index (κ3) is 3.46. The Kier molecular flexibility index (Phi) is 4.76. The zero-order valence-electron chi connectivity index (χ0n) is 17.6. The van der Waals surface area contributed by atoms with Gasteiger partial charge in [-0.1, -0.05) is 6.07 Å².